The molecule has 0 aromatic carbocycles. The van der Waals surface area contributed by atoms with E-state index in [1.807, 2.05) is 0 Å². The SMILES string of the molecule is [S]=[Cd].[S]=[InH]. The summed E-state index contributed by atoms with van der Waals surface area (Å²) in [5, 5.41) is 0. The van der Waals surface area contributed by atoms with Gasteiger partial charge in [-0.25, -0.2) is 0 Å². The molecule has 0 aliphatic heterocycles. The molecule has 0 aromatic rings. The predicted molar refractivity (Wildman–Crippen MR) is 22.3 cm³/mol. The van der Waals surface area contributed by atoms with Gasteiger partial charge in [-0.3, -0.25) is 0 Å². The van der Waals surface area contributed by atoms with E-state index < -0.39 is 0 Å². The molecule has 0 unspecified atom stereocenters. The molecule has 0 saturated heterocycles. The van der Waals surface area contributed by atoms with Crippen molar-refractivity contribution < 1.29 is 23.7 Å². The Kier molecular flexibility index (Phi) is 44.8. The molecule has 0 fully saturated rings. The standard InChI is InChI=1S/Cd.In.2S.H. The molecule has 4 heavy (non-hydrogen) atoms. The van der Waals surface area contributed by atoms with Crippen molar-refractivity contribution >= 4 is 39.9 Å². The third kappa shape index (κ3) is 8.87. The molecule has 0 atom stereocenters. The first-order chi connectivity index (χ1) is 2.00. The molecule has 0 rings (SSSR count). The Labute approximate surface area is 62.4 Å². The van der Waals surface area contributed by atoms with Gasteiger partial charge in [-0.15, -0.1) is 0 Å². The molecule has 4 heteroatoms. The van der Waals surface area contributed by atoms with Crippen LogP contribution in [0, 0.1) is 0 Å². The summed E-state index contributed by atoms with van der Waals surface area (Å²) in [6.45, 7) is 0. The van der Waals surface area contributed by atoms with Crippen LogP contribution < -0.4 is 0 Å². The van der Waals surface area contributed by atoms with Crippen molar-refractivity contribution in [3.05, 3.63) is 0 Å². The molecule has 18 valence electrons. The normalized spacial score (nSPS) is 2.25. The Hall–Kier alpha value is 2.23. The molecule has 0 nitrogen and oxygen atoms in total. The van der Waals surface area contributed by atoms with Crippen molar-refractivity contribution in [2.45, 2.75) is 0 Å². The fourth-order valence-electron chi connectivity index (χ4n) is 0. The molecule has 0 radical (unpaired) electrons. The Balaban J connectivity index is 0. The van der Waals surface area contributed by atoms with Gasteiger partial charge in [0, 0.05) is 0 Å². The molecular weight excluding hydrogens is 291 g/mol. The van der Waals surface area contributed by atoms with E-state index in [1.165, 1.54) is 0 Å². The average molecular weight is 292 g/mol. The first-order valence-electron chi connectivity index (χ1n) is 0.577. The van der Waals surface area contributed by atoms with Crippen molar-refractivity contribution in [2.24, 2.45) is 0 Å². The van der Waals surface area contributed by atoms with Gasteiger partial charge in [0.1, 0.15) is 0 Å². The van der Waals surface area contributed by atoms with Crippen LogP contribution in [-0.2, 0) is 23.7 Å². The second kappa shape index (κ2) is 18.8. The number of hydrogen-bond acceptors (Lipinski definition) is 2. The maximum atomic E-state index is 4.25. The molecule has 0 spiro atoms. The second-order valence-corrected chi connectivity index (χ2v) is 0. The van der Waals surface area contributed by atoms with Gasteiger partial charge in [-0.05, 0) is 0 Å². The van der Waals surface area contributed by atoms with Gasteiger partial charge in [0.25, 0.3) is 0 Å². The zero-order valence-electron chi connectivity index (χ0n) is 2.23. The van der Waals surface area contributed by atoms with Gasteiger partial charge in [0.05, 0.1) is 0 Å². The average Bonchev–Trinajstić information content (AvgIpc) is 1.50. The predicted octanol–water partition coefficient (Wildman–Crippen LogP) is 0.645. The second-order valence-electron chi connectivity index (χ2n) is 0. The van der Waals surface area contributed by atoms with E-state index in [2.05, 4.69) is 17.6 Å². The first kappa shape index (κ1) is 9.53. The molecule has 0 bridgehead atoms. The Bertz CT molecular complexity index is 8.00. The van der Waals surface area contributed by atoms with Crippen LogP contribution in [0.25, 0.3) is 0 Å². The summed E-state index contributed by atoms with van der Waals surface area (Å²) >= 11 is 1.47. The molecule has 0 amide bonds. The van der Waals surface area contributed by atoms with E-state index in [-0.39, 0.29) is 0 Å². The van der Waals surface area contributed by atoms with Crippen molar-refractivity contribution in [3.8, 4) is 0 Å². The van der Waals surface area contributed by atoms with Crippen LogP contribution in [0.4, 0.5) is 0 Å². The Morgan fingerprint density at radius 1 is 1.25 bits per heavy atom. The topological polar surface area (TPSA) is 0 Å². The van der Waals surface area contributed by atoms with Gasteiger partial charge in [-0.1, -0.05) is 0 Å². The van der Waals surface area contributed by atoms with Crippen molar-refractivity contribution in [2.75, 3.05) is 0 Å². The maximum absolute atomic E-state index is 4.25. The zero-order valence-corrected chi connectivity index (χ0v) is 11.9. The number of rotatable bonds is 0. The van der Waals surface area contributed by atoms with Crippen molar-refractivity contribution in [1.82, 2.24) is 0 Å². The summed E-state index contributed by atoms with van der Waals surface area (Å²) in [6, 6.07) is 0. The Morgan fingerprint density at radius 3 is 1.25 bits per heavy atom. The van der Waals surface area contributed by atoms with Crippen LogP contribution >= 0.6 is 17.6 Å². The molecule has 0 saturated carbocycles. The van der Waals surface area contributed by atoms with Gasteiger partial charge in [-0.2, -0.15) is 0 Å². The van der Waals surface area contributed by atoms with Crippen LogP contribution in [0.5, 0.6) is 0 Å². The summed E-state index contributed by atoms with van der Waals surface area (Å²) in [4.78, 5) is 0. The van der Waals surface area contributed by atoms with Crippen molar-refractivity contribution in [3.63, 3.8) is 0 Å². The molecular formula is HCdInS2. The molecule has 0 aromatic heterocycles. The molecule has 0 aliphatic carbocycles. The number of hydrogen-bond donors (Lipinski definition) is 0. The minimum absolute atomic E-state index is 0.733. The summed E-state index contributed by atoms with van der Waals surface area (Å²) < 4.78 is 0. The zero-order chi connectivity index (χ0) is 4.00. The van der Waals surface area contributed by atoms with Crippen LogP contribution in [0.1, 0.15) is 0 Å². The van der Waals surface area contributed by atoms with E-state index >= 15 is 0 Å². The van der Waals surface area contributed by atoms with Gasteiger partial charge in [0.2, 0.25) is 0 Å². The van der Waals surface area contributed by atoms with Crippen LogP contribution in [0.3, 0.4) is 0 Å². The fourth-order valence-corrected chi connectivity index (χ4v) is 0. The molecule has 0 heterocycles. The summed E-state index contributed by atoms with van der Waals surface area (Å²) in [5.74, 6) is 0. The van der Waals surface area contributed by atoms with E-state index in [0.29, 0.717) is 0 Å². The van der Waals surface area contributed by atoms with Gasteiger partial charge in [0.15, 0.2) is 0 Å². The summed E-state index contributed by atoms with van der Waals surface area (Å²) in [5.41, 5.74) is 0. The third-order valence-electron chi connectivity index (χ3n) is 0. The third-order valence-corrected chi connectivity index (χ3v) is 0. The van der Waals surface area contributed by atoms with Crippen LogP contribution in [-0.4, -0.2) is 22.4 Å². The van der Waals surface area contributed by atoms with Crippen LogP contribution in [0.2, 0.25) is 0 Å². The monoisotopic (exact) mass is 294 g/mol. The first-order valence-corrected chi connectivity index (χ1v) is 11.6. The summed E-state index contributed by atoms with van der Waals surface area (Å²) in [6.07, 6.45) is 0. The van der Waals surface area contributed by atoms with Crippen LogP contribution in [0.15, 0.2) is 0 Å². The van der Waals surface area contributed by atoms with Gasteiger partial charge >= 0.3 is 63.6 Å². The van der Waals surface area contributed by atoms with E-state index in [0.717, 1.165) is 46.0 Å². The minimum atomic E-state index is 0.733. The molecule has 0 N–H and O–H groups in total. The van der Waals surface area contributed by atoms with E-state index in [1.54, 1.807) is 0 Å². The quantitative estimate of drug-likeness (QED) is 0.601. The van der Waals surface area contributed by atoms with Gasteiger partial charge < -0.3 is 0 Å². The van der Waals surface area contributed by atoms with Crippen molar-refractivity contribution in [1.29, 1.82) is 0 Å². The fraction of sp³-hybridized carbons (Fsp3) is 0. The van der Waals surface area contributed by atoms with E-state index in [9.17, 15) is 0 Å². The van der Waals surface area contributed by atoms with E-state index in [4.69, 9.17) is 0 Å². The molecule has 0 aliphatic rings. The summed E-state index contributed by atoms with van der Waals surface area (Å²) in [7, 11) is 8.51. The Morgan fingerprint density at radius 2 is 1.25 bits per heavy atom.